The topological polar surface area (TPSA) is 63.3 Å². The second-order valence-corrected chi connectivity index (χ2v) is 5.61. The van der Waals surface area contributed by atoms with Gasteiger partial charge in [-0.2, -0.15) is 0 Å². The average molecular weight is 213 g/mol. The van der Waals surface area contributed by atoms with Gasteiger partial charge in [-0.25, -0.2) is 0 Å². The molecule has 3 heteroatoms. The van der Waals surface area contributed by atoms with Crippen LogP contribution in [0.3, 0.4) is 0 Å². The van der Waals surface area contributed by atoms with Gasteiger partial charge in [-0.3, -0.25) is 4.79 Å². The first-order chi connectivity index (χ1) is 6.94. The van der Waals surface area contributed by atoms with Gasteiger partial charge >= 0.3 is 5.97 Å². The summed E-state index contributed by atoms with van der Waals surface area (Å²) in [5.41, 5.74) is 5.92. The van der Waals surface area contributed by atoms with E-state index >= 15 is 0 Å². The van der Waals surface area contributed by atoms with Gasteiger partial charge in [0.25, 0.3) is 0 Å². The van der Waals surface area contributed by atoms with Gasteiger partial charge in [0.15, 0.2) is 0 Å². The van der Waals surface area contributed by atoms with Gasteiger partial charge in [0.05, 0.1) is 5.92 Å². The fraction of sp³-hybridized carbons (Fsp3) is 0.917. The summed E-state index contributed by atoms with van der Waals surface area (Å²) in [7, 11) is 0. The van der Waals surface area contributed by atoms with E-state index in [1.165, 1.54) is 12.8 Å². The Bertz CT molecular complexity index is 216. The SMILES string of the molecule is CC1(C)CCC(CC(CN)C(=O)O)CC1. The Morgan fingerprint density at radius 2 is 2.00 bits per heavy atom. The largest absolute Gasteiger partial charge is 0.481 e. The third kappa shape index (κ3) is 3.82. The van der Waals surface area contributed by atoms with E-state index in [1.807, 2.05) is 0 Å². The van der Waals surface area contributed by atoms with E-state index in [4.69, 9.17) is 10.8 Å². The fourth-order valence-corrected chi connectivity index (χ4v) is 2.39. The number of rotatable bonds is 4. The molecule has 0 aromatic heterocycles. The van der Waals surface area contributed by atoms with Crippen LogP contribution in [0.5, 0.6) is 0 Å². The lowest BCUT2D eigenvalue weighted by atomic mass is 9.71. The average Bonchev–Trinajstić information content (AvgIpc) is 2.15. The van der Waals surface area contributed by atoms with Gasteiger partial charge in [-0.15, -0.1) is 0 Å². The molecule has 0 spiro atoms. The van der Waals surface area contributed by atoms with Crippen LogP contribution in [0.1, 0.15) is 46.0 Å². The van der Waals surface area contributed by atoms with Crippen LogP contribution in [-0.4, -0.2) is 17.6 Å². The lowest BCUT2D eigenvalue weighted by Crippen LogP contribution is -2.29. The molecule has 1 saturated carbocycles. The maximum atomic E-state index is 10.9. The molecule has 0 bridgehead atoms. The molecule has 1 unspecified atom stereocenters. The van der Waals surface area contributed by atoms with Crippen molar-refractivity contribution in [2.24, 2.45) is 23.0 Å². The highest BCUT2D eigenvalue weighted by molar-refractivity contribution is 5.70. The highest BCUT2D eigenvalue weighted by Crippen LogP contribution is 2.40. The van der Waals surface area contributed by atoms with Gasteiger partial charge in [-0.1, -0.05) is 13.8 Å². The smallest absolute Gasteiger partial charge is 0.307 e. The molecule has 0 aromatic rings. The molecule has 3 N–H and O–H groups in total. The van der Waals surface area contributed by atoms with Crippen LogP contribution in [0, 0.1) is 17.3 Å². The van der Waals surface area contributed by atoms with Crippen molar-refractivity contribution in [2.75, 3.05) is 6.54 Å². The van der Waals surface area contributed by atoms with Crippen molar-refractivity contribution in [3.05, 3.63) is 0 Å². The Hall–Kier alpha value is -0.570. The Morgan fingerprint density at radius 1 is 1.47 bits per heavy atom. The van der Waals surface area contributed by atoms with Gasteiger partial charge in [0.2, 0.25) is 0 Å². The number of carboxylic acid groups (broad SMARTS) is 1. The minimum Gasteiger partial charge on any atom is -0.481 e. The Labute approximate surface area is 92.0 Å². The van der Waals surface area contributed by atoms with E-state index in [-0.39, 0.29) is 12.5 Å². The van der Waals surface area contributed by atoms with Gasteiger partial charge < -0.3 is 10.8 Å². The van der Waals surface area contributed by atoms with Crippen LogP contribution in [-0.2, 0) is 4.79 Å². The van der Waals surface area contributed by atoms with Crippen molar-refractivity contribution >= 4 is 5.97 Å². The molecule has 1 aliphatic carbocycles. The lowest BCUT2D eigenvalue weighted by molar-refractivity contribution is -0.142. The molecule has 15 heavy (non-hydrogen) atoms. The van der Waals surface area contributed by atoms with Crippen molar-refractivity contribution in [3.63, 3.8) is 0 Å². The minimum absolute atomic E-state index is 0.273. The summed E-state index contributed by atoms with van der Waals surface area (Å²) in [6.07, 6.45) is 5.53. The van der Waals surface area contributed by atoms with E-state index in [2.05, 4.69) is 13.8 Å². The fourth-order valence-electron chi connectivity index (χ4n) is 2.39. The summed E-state index contributed by atoms with van der Waals surface area (Å²) < 4.78 is 0. The molecule has 0 aliphatic heterocycles. The predicted octanol–water partition coefficient (Wildman–Crippen LogP) is 2.25. The van der Waals surface area contributed by atoms with Crippen LogP contribution < -0.4 is 5.73 Å². The third-order valence-corrected chi connectivity index (χ3v) is 3.71. The lowest BCUT2D eigenvalue weighted by Gasteiger charge is -2.35. The normalized spacial score (nSPS) is 23.7. The predicted molar refractivity (Wildman–Crippen MR) is 60.5 cm³/mol. The highest BCUT2D eigenvalue weighted by Gasteiger charge is 2.29. The summed E-state index contributed by atoms with van der Waals surface area (Å²) in [5.74, 6) is -0.499. The Balaban J connectivity index is 2.38. The van der Waals surface area contributed by atoms with Crippen molar-refractivity contribution < 1.29 is 9.90 Å². The van der Waals surface area contributed by atoms with E-state index < -0.39 is 5.97 Å². The van der Waals surface area contributed by atoms with Crippen LogP contribution in [0.15, 0.2) is 0 Å². The molecular formula is C12H23NO2. The zero-order chi connectivity index (χ0) is 11.5. The minimum atomic E-state index is -0.734. The van der Waals surface area contributed by atoms with Crippen molar-refractivity contribution in [1.29, 1.82) is 0 Å². The van der Waals surface area contributed by atoms with E-state index in [1.54, 1.807) is 0 Å². The van der Waals surface area contributed by atoms with Crippen LogP contribution in [0.2, 0.25) is 0 Å². The Kier molecular flexibility index (Phi) is 4.14. The quantitative estimate of drug-likeness (QED) is 0.753. The van der Waals surface area contributed by atoms with E-state index in [0.29, 0.717) is 11.3 Å². The molecule has 0 amide bonds. The van der Waals surface area contributed by atoms with Gasteiger partial charge in [0, 0.05) is 6.54 Å². The first-order valence-corrected chi connectivity index (χ1v) is 5.87. The molecular weight excluding hydrogens is 190 g/mol. The van der Waals surface area contributed by atoms with Crippen LogP contribution >= 0.6 is 0 Å². The first-order valence-electron chi connectivity index (χ1n) is 5.87. The summed E-state index contributed by atoms with van der Waals surface area (Å²) in [4.78, 5) is 10.9. The standard InChI is InChI=1S/C12H23NO2/c1-12(2)5-3-9(4-6-12)7-10(8-13)11(14)15/h9-10H,3-8,13H2,1-2H3,(H,14,15). The molecule has 1 fully saturated rings. The molecule has 0 heterocycles. The molecule has 1 rings (SSSR count). The number of aliphatic carboxylic acids is 1. The maximum Gasteiger partial charge on any atom is 0.307 e. The number of carbonyl (C=O) groups is 1. The molecule has 0 aromatic carbocycles. The number of carboxylic acids is 1. The van der Waals surface area contributed by atoms with Gasteiger partial charge in [0.1, 0.15) is 0 Å². The second kappa shape index (κ2) is 4.97. The molecule has 88 valence electrons. The first kappa shape index (κ1) is 12.5. The number of hydrogen-bond acceptors (Lipinski definition) is 2. The summed E-state index contributed by atoms with van der Waals surface area (Å²) in [6.45, 7) is 4.86. The summed E-state index contributed by atoms with van der Waals surface area (Å²) in [5, 5.41) is 8.93. The molecule has 0 saturated heterocycles. The molecule has 3 nitrogen and oxygen atoms in total. The molecule has 1 aliphatic rings. The number of hydrogen-bond donors (Lipinski definition) is 2. The highest BCUT2D eigenvalue weighted by atomic mass is 16.4. The van der Waals surface area contributed by atoms with Crippen molar-refractivity contribution in [3.8, 4) is 0 Å². The van der Waals surface area contributed by atoms with Gasteiger partial charge in [-0.05, 0) is 43.4 Å². The van der Waals surface area contributed by atoms with Crippen molar-refractivity contribution in [1.82, 2.24) is 0 Å². The van der Waals surface area contributed by atoms with E-state index in [0.717, 1.165) is 19.3 Å². The van der Waals surface area contributed by atoms with Crippen molar-refractivity contribution in [2.45, 2.75) is 46.0 Å². The van der Waals surface area contributed by atoms with Crippen LogP contribution in [0.25, 0.3) is 0 Å². The monoisotopic (exact) mass is 213 g/mol. The van der Waals surface area contributed by atoms with E-state index in [9.17, 15) is 4.79 Å². The summed E-state index contributed by atoms with van der Waals surface area (Å²) in [6, 6.07) is 0. The number of nitrogens with two attached hydrogens (primary N) is 1. The zero-order valence-electron chi connectivity index (χ0n) is 9.83. The molecule has 0 radical (unpaired) electrons. The Morgan fingerprint density at radius 3 is 2.40 bits per heavy atom. The third-order valence-electron chi connectivity index (χ3n) is 3.71. The second-order valence-electron chi connectivity index (χ2n) is 5.61. The molecule has 1 atom stereocenters. The maximum absolute atomic E-state index is 10.9. The van der Waals surface area contributed by atoms with Crippen LogP contribution in [0.4, 0.5) is 0 Å². The summed E-state index contributed by atoms with van der Waals surface area (Å²) >= 11 is 0. The zero-order valence-corrected chi connectivity index (χ0v) is 9.83.